The zero-order valence-electron chi connectivity index (χ0n) is 20.8. The number of carbonyl (C=O) groups excluding carboxylic acids is 1. The van der Waals surface area contributed by atoms with E-state index in [1.54, 1.807) is 0 Å². The molecule has 2 aromatic carbocycles. The number of piperidine rings is 1. The largest absolute Gasteiger partial charge is 0.488 e. The first-order valence-electron chi connectivity index (χ1n) is 12.7. The van der Waals surface area contributed by atoms with Crippen molar-refractivity contribution in [1.82, 2.24) is 4.90 Å². The average molecular weight is 554 g/mol. The number of aryl methyl sites for hydroxylation is 2. The molecule has 1 amide bonds. The second kappa shape index (κ2) is 10.0. The van der Waals surface area contributed by atoms with Crippen LogP contribution in [0.2, 0.25) is 0 Å². The molecule has 2 aliphatic rings. The maximum absolute atomic E-state index is 13.2. The fourth-order valence-electron chi connectivity index (χ4n) is 5.78. The molecule has 2 fully saturated rings. The molecule has 1 saturated carbocycles. The Hall–Kier alpha value is -2.64. The molecular formula is C29H32BrNO5. The van der Waals surface area contributed by atoms with Crippen LogP contribution in [0.25, 0.3) is 11.0 Å². The van der Waals surface area contributed by atoms with Crippen LogP contribution in [-0.2, 0) is 17.8 Å². The summed E-state index contributed by atoms with van der Waals surface area (Å²) in [6, 6.07) is 11.7. The van der Waals surface area contributed by atoms with Gasteiger partial charge in [-0.3, -0.25) is 4.79 Å². The molecule has 6 nitrogen and oxygen atoms in total. The van der Waals surface area contributed by atoms with Gasteiger partial charge in [-0.15, -0.1) is 0 Å². The number of amides is 1. The molecule has 1 N–H and O–H groups in total. The highest BCUT2D eigenvalue weighted by molar-refractivity contribution is 9.10. The summed E-state index contributed by atoms with van der Waals surface area (Å²) < 4.78 is 12.8. The lowest BCUT2D eigenvalue weighted by molar-refractivity contribution is -0.142. The zero-order chi connectivity index (χ0) is 25.4. The summed E-state index contributed by atoms with van der Waals surface area (Å²) in [5.74, 6) is 0.696. The molecule has 1 aromatic heterocycles. The first kappa shape index (κ1) is 25.0. The van der Waals surface area contributed by atoms with E-state index in [0.29, 0.717) is 43.0 Å². The Balaban J connectivity index is 1.35. The van der Waals surface area contributed by atoms with Crippen LogP contribution in [0.5, 0.6) is 5.75 Å². The lowest BCUT2D eigenvalue weighted by Gasteiger charge is -2.47. The predicted molar refractivity (Wildman–Crippen MR) is 142 cm³/mol. The van der Waals surface area contributed by atoms with Gasteiger partial charge < -0.3 is 19.2 Å². The summed E-state index contributed by atoms with van der Waals surface area (Å²) in [6.07, 6.45) is 4.53. The highest BCUT2D eigenvalue weighted by Gasteiger charge is 2.43. The van der Waals surface area contributed by atoms with Crippen molar-refractivity contribution < 1.29 is 19.1 Å². The van der Waals surface area contributed by atoms with Crippen LogP contribution in [0.3, 0.4) is 0 Å². The zero-order valence-corrected chi connectivity index (χ0v) is 22.4. The van der Waals surface area contributed by atoms with E-state index >= 15 is 0 Å². The maximum Gasteiger partial charge on any atom is 0.340 e. The van der Waals surface area contributed by atoms with E-state index in [9.17, 15) is 14.7 Å². The van der Waals surface area contributed by atoms with Gasteiger partial charge in [0.2, 0.25) is 5.91 Å². The molecule has 5 rings (SSSR count). The quantitative estimate of drug-likeness (QED) is 0.425. The minimum atomic E-state index is -0.638. The van der Waals surface area contributed by atoms with E-state index in [4.69, 9.17) is 9.15 Å². The number of aliphatic hydroxyl groups is 1. The SMILES string of the molecule is Cc1c(CC(=O)N2CC[C@]3(O)CCCC[C@H]3C2)c(=O)oc2c(C)c(OCc3cccc(Br)c3)ccc12. The van der Waals surface area contributed by atoms with Crippen LogP contribution in [0.1, 0.15) is 54.4 Å². The molecule has 36 heavy (non-hydrogen) atoms. The van der Waals surface area contributed by atoms with E-state index in [1.807, 2.05) is 55.1 Å². The second-order valence-electron chi connectivity index (χ2n) is 10.3. The number of fused-ring (bicyclic) bond motifs is 2. The summed E-state index contributed by atoms with van der Waals surface area (Å²) in [7, 11) is 0. The molecule has 190 valence electrons. The predicted octanol–water partition coefficient (Wildman–Crippen LogP) is 5.45. The van der Waals surface area contributed by atoms with E-state index in [-0.39, 0.29) is 18.2 Å². The van der Waals surface area contributed by atoms with Gasteiger partial charge in [0.15, 0.2) is 0 Å². The van der Waals surface area contributed by atoms with Gasteiger partial charge in [0.25, 0.3) is 0 Å². The average Bonchev–Trinajstić information content (AvgIpc) is 2.86. The fraction of sp³-hybridized carbons (Fsp3) is 0.448. The highest BCUT2D eigenvalue weighted by Crippen LogP contribution is 2.40. The van der Waals surface area contributed by atoms with Crippen molar-refractivity contribution in [2.24, 2.45) is 5.92 Å². The number of nitrogens with zero attached hydrogens (tertiary/aromatic N) is 1. The number of carbonyl (C=O) groups is 1. The first-order valence-corrected chi connectivity index (χ1v) is 13.5. The van der Waals surface area contributed by atoms with Crippen LogP contribution < -0.4 is 10.4 Å². The molecule has 1 aliphatic carbocycles. The molecule has 1 saturated heterocycles. The van der Waals surface area contributed by atoms with Gasteiger partial charge in [-0.2, -0.15) is 0 Å². The van der Waals surface area contributed by atoms with Crippen LogP contribution in [0, 0.1) is 19.8 Å². The summed E-state index contributed by atoms with van der Waals surface area (Å²) in [6.45, 7) is 5.24. The van der Waals surface area contributed by atoms with Crippen molar-refractivity contribution in [3.8, 4) is 5.75 Å². The van der Waals surface area contributed by atoms with Gasteiger partial charge in [0, 0.05) is 34.4 Å². The molecule has 0 bridgehead atoms. The van der Waals surface area contributed by atoms with E-state index in [2.05, 4.69) is 15.9 Å². The first-order chi connectivity index (χ1) is 17.2. The maximum atomic E-state index is 13.2. The topological polar surface area (TPSA) is 80.0 Å². The number of likely N-dealkylation sites (tertiary alicyclic amines) is 1. The van der Waals surface area contributed by atoms with E-state index in [1.165, 1.54) is 0 Å². The van der Waals surface area contributed by atoms with Crippen LogP contribution >= 0.6 is 15.9 Å². The van der Waals surface area contributed by atoms with Crippen LogP contribution in [0.15, 0.2) is 50.1 Å². The lowest BCUT2D eigenvalue weighted by atomic mass is 9.71. The van der Waals surface area contributed by atoms with Crippen molar-refractivity contribution >= 4 is 32.8 Å². The van der Waals surface area contributed by atoms with E-state index in [0.717, 1.165) is 52.2 Å². The van der Waals surface area contributed by atoms with Crippen molar-refractivity contribution in [3.63, 3.8) is 0 Å². The summed E-state index contributed by atoms with van der Waals surface area (Å²) in [5.41, 5.74) is 2.33. The number of ether oxygens (including phenoxy) is 1. The van der Waals surface area contributed by atoms with Crippen molar-refractivity contribution in [3.05, 3.63) is 73.5 Å². The summed E-state index contributed by atoms with van der Waals surface area (Å²) >= 11 is 3.47. The third-order valence-corrected chi connectivity index (χ3v) is 8.54. The Kier molecular flexibility index (Phi) is 6.97. The smallest absolute Gasteiger partial charge is 0.340 e. The Labute approximate surface area is 219 Å². The molecule has 2 heterocycles. The monoisotopic (exact) mass is 553 g/mol. The summed E-state index contributed by atoms with van der Waals surface area (Å²) in [4.78, 5) is 28.0. The summed E-state index contributed by atoms with van der Waals surface area (Å²) in [5, 5.41) is 11.7. The molecule has 7 heteroatoms. The second-order valence-corrected chi connectivity index (χ2v) is 11.2. The molecule has 3 aromatic rings. The van der Waals surface area contributed by atoms with Crippen molar-refractivity contribution in [2.45, 2.75) is 64.6 Å². The van der Waals surface area contributed by atoms with Crippen molar-refractivity contribution in [1.29, 1.82) is 0 Å². The number of benzene rings is 2. The molecule has 0 unspecified atom stereocenters. The molecule has 1 aliphatic heterocycles. The standard InChI is InChI=1S/C29H32BrNO5/c1-18-23-9-10-25(35-17-20-6-5-8-22(30)14-20)19(2)27(23)36-28(33)24(18)15-26(32)31-13-12-29(34)11-4-3-7-21(29)16-31/h5-6,8-10,14,21,34H,3-4,7,11-13,15-17H2,1-2H3/t21-,29+/m0/s1. The Morgan fingerprint density at radius 2 is 2.03 bits per heavy atom. The number of halogens is 1. The Morgan fingerprint density at radius 3 is 2.83 bits per heavy atom. The molecule has 0 radical (unpaired) electrons. The highest BCUT2D eigenvalue weighted by atomic mass is 79.9. The van der Waals surface area contributed by atoms with Crippen LogP contribution in [-0.4, -0.2) is 34.6 Å². The minimum Gasteiger partial charge on any atom is -0.488 e. The number of hydrogen-bond donors (Lipinski definition) is 1. The van der Waals surface area contributed by atoms with Crippen molar-refractivity contribution in [2.75, 3.05) is 13.1 Å². The van der Waals surface area contributed by atoms with Gasteiger partial charge in [-0.05, 0) is 68.5 Å². The third kappa shape index (κ3) is 4.83. The van der Waals surface area contributed by atoms with Gasteiger partial charge in [-0.25, -0.2) is 4.79 Å². The van der Waals surface area contributed by atoms with Gasteiger partial charge in [0.1, 0.15) is 17.9 Å². The Bertz CT molecular complexity index is 1370. The molecule has 2 atom stereocenters. The molecular weight excluding hydrogens is 522 g/mol. The van der Waals surface area contributed by atoms with Crippen LogP contribution in [0.4, 0.5) is 0 Å². The minimum absolute atomic E-state index is 0.00936. The number of hydrogen-bond acceptors (Lipinski definition) is 5. The van der Waals surface area contributed by atoms with Gasteiger partial charge >= 0.3 is 5.63 Å². The lowest BCUT2D eigenvalue weighted by Crippen LogP contribution is -2.55. The Morgan fingerprint density at radius 1 is 1.19 bits per heavy atom. The third-order valence-electron chi connectivity index (χ3n) is 8.05. The molecule has 0 spiro atoms. The normalized spacial score (nSPS) is 21.9. The van der Waals surface area contributed by atoms with Gasteiger partial charge in [-0.1, -0.05) is 40.9 Å². The fourth-order valence-corrected chi connectivity index (χ4v) is 6.23. The van der Waals surface area contributed by atoms with E-state index < -0.39 is 11.2 Å². The van der Waals surface area contributed by atoms with Gasteiger partial charge in [0.05, 0.1) is 17.6 Å². The number of rotatable bonds is 5.